The standard InChI is InChI=1S/C20H19BrF3NO/c21-18-14-9-17(26-16-8-4-7-15(10-16)20(22,23)24)19(18)25(12-14)11-13-5-2-1-3-6-13/h1-8,10,14,17-19H,9,11-12H2/t14-,17+,18-,19+/m0/s1. The van der Waals surface area contributed by atoms with Gasteiger partial charge in [-0.2, -0.15) is 13.2 Å². The maximum absolute atomic E-state index is 12.9. The number of hydrogen-bond acceptors (Lipinski definition) is 2. The van der Waals surface area contributed by atoms with Crippen molar-refractivity contribution in [3.8, 4) is 5.75 Å². The molecule has 4 rings (SSSR count). The van der Waals surface area contributed by atoms with Gasteiger partial charge in [0.2, 0.25) is 0 Å². The summed E-state index contributed by atoms with van der Waals surface area (Å²) in [5, 5.41) is 0. The van der Waals surface area contributed by atoms with Crippen LogP contribution < -0.4 is 4.74 Å². The van der Waals surface area contributed by atoms with Gasteiger partial charge < -0.3 is 4.74 Å². The number of likely N-dealkylation sites (tertiary alicyclic amines) is 1. The second-order valence-corrected chi connectivity index (χ2v) is 8.09. The Balaban J connectivity index is 1.49. The zero-order valence-electron chi connectivity index (χ0n) is 14.0. The highest BCUT2D eigenvalue weighted by molar-refractivity contribution is 9.09. The zero-order chi connectivity index (χ0) is 18.3. The second kappa shape index (κ2) is 6.89. The highest BCUT2D eigenvalue weighted by Crippen LogP contribution is 2.45. The summed E-state index contributed by atoms with van der Waals surface area (Å²) in [7, 11) is 0. The molecule has 2 fully saturated rings. The Kier molecular flexibility index (Phi) is 4.73. The molecule has 4 atom stereocenters. The molecule has 138 valence electrons. The van der Waals surface area contributed by atoms with Crippen LogP contribution in [0.25, 0.3) is 0 Å². The summed E-state index contributed by atoms with van der Waals surface area (Å²) >= 11 is 3.78. The largest absolute Gasteiger partial charge is 0.489 e. The van der Waals surface area contributed by atoms with Crippen LogP contribution in [0.2, 0.25) is 0 Å². The summed E-state index contributed by atoms with van der Waals surface area (Å²) in [4.78, 5) is 2.68. The number of ether oxygens (including phenoxy) is 1. The van der Waals surface area contributed by atoms with Crippen molar-refractivity contribution in [1.82, 2.24) is 4.90 Å². The van der Waals surface area contributed by atoms with Gasteiger partial charge in [-0.1, -0.05) is 52.3 Å². The van der Waals surface area contributed by atoms with Crippen molar-refractivity contribution in [3.63, 3.8) is 0 Å². The fourth-order valence-electron chi connectivity index (χ4n) is 4.11. The van der Waals surface area contributed by atoms with Gasteiger partial charge in [-0.25, -0.2) is 0 Å². The summed E-state index contributed by atoms with van der Waals surface area (Å²) in [6.45, 7) is 1.81. The van der Waals surface area contributed by atoms with Crippen molar-refractivity contribution in [3.05, 3.63) is 65.7 Å². The molecule has 0 spiro atoms. The molecule has 2 aromatic rings. The van der Waals surface area contributed by atoms with Gasteiger partial charge in [-0.05, 0) is 36.1 Å². The summed E-state index contributed by atoms with van der Waals surface area (Å²) in [5.74, 6) is 0.747. The maximum Gasteiger partial charge on any atom is 0.416 e. The molecule has 1 heterocycles. The highest BCUT2D eigenvalue weighted by atomic mass is 79.9. The molecule has 0 radical (unpaired) electrons. The van der Waals surface area contributed by atoms with E-state index in [1.165, 1.54) is 11.6 Å². The van der Waals surface area contributed by atoms with Crippen LogP contribution in [0.1, 0.15) is 17.5 Å². The van der Waals surface area contributed by atoms with Gasteiger partial charge in [0.05, 0.1) is 11.6 Å². The molecule has 2 aliphatic rings. The Morgan fingerprint density at radius 1 is 1.08 bits per heavy atom. The van der Waals surface area contributed by atoms with Crippen LogP contribution >= 0.6 is 15.9 Å². The molecule has 1 aliphatic heterocycles. The molecule has 2 aromatic carbocycles. The van der Waals surface area contributed by atoms with Gasteiger partial charge >= 0.3 is 6.18 Å². The minimum absolute atomic E-state index is 0.106. The number of benzene rings is 2. The van der Waals surface area contributed by atoms with Gasteiger partial charge in [0.1, 0.15) is 11.9 Å². The lowest BCUT2D eigenvalue weighted by atomic mass is 10.1. The minimum Gasteiger partial charge on any atom is -0.489 e. The summed E-state index contributed by atoms with van der Waals surface area (Å²) in [5.41, 5.74) is 0.562. The maximum atomic E-state index is 12.9. The predicted octanol–water partition coefficient (Wildman–Crippen LogP) is 5.12. The molecule has 2 bridgehead atoms. The number of hydrogen-bond donors (Lipinski definition) is 0. The molecule has 0 N–H and O–H groups in total. The smallest absolute Gasteiger partial charge is 0.416 e. The third kappa shape index (κ3) is 3.49. The average molecular weight is 426 g/mol. The van der Waals surface area contributed by atoms with Crippen LogP contribution in [0.15, 0.2) is 54.6 Å². The third-order valence-electron chi connectivity index (χ3n) is 5.26. The van der Waals surface area contributed by atoms with E-state index >= 15 is 0 Å². The van der Waals surface area contributed by atoms with Crippen molar-refractivity contribution in [2.75, 3.05) is 6.54 Å². The fraction of sp³-hybridized carbons (Fsp3) is 0.400. The van der Waals surface area contributed by atoms with Crippen molar-refractivity contribution < 1.29 is 17.9 Å². The number of alkyl halides is 4. The van der Waals surface area contributed by atoms with Crippen molar-refractivity contribution in [2.45, 2.75) is 36.1 Å². The molecular formula is C20H19BrF3NO. The second-order valence-electron chi connectivity index (χ2n) is 7.03. The molecule has 0 aromatic heterocycles. The SMILES string of the molecule is FC(F)(F)c1cccc(O[C@@H]2C[C@H]3CN(Cc4ccccc4)[C@H]2[C@H]3Br)c1. The predicted molar refractivity (Wildman–Crippen MR) is 97.3 cm³/mol. The van der Waals surface area contributed by atoms with Crippen LogP contribution in [0.3, 0.4) is 0 Å². The van der Waals surface area contributed by atoms with E-state index < -0.39 is 11.7 Å². The quantitative estimate of drug-likeness (QED) is 0.630. The molecule has 26 heavy (non-hydrogen) atoms. The number of halogens is 4. The molecular weight excluding hydrogens is 407 g/mol. The monoisotopic (exact) mass is 425 g/mol. The lowest BCUT2D eigenvalue weighted by Gasteiger charge is -2.33. The van der Waals surface area contributed by atoms with Crippen LogP contribution in [-0.4, -0.2) is 28.4 Å². The van der Waals surface area contributed by atoms with E-state index in [4.69, 9.17) is 4.74 Å². The first-order valence-electron chi connectivity index (χ1n) is 8.68. The van der Waals surface area contributed by atoms with Gasteiger partial charge in [-0.15, -0.1) is 0 Å². The zero-order valence-corrected chi connectivity index (χ0v) is 15.6. The minimum atomic E-state index is -4.36. The van der Waals surface area contributed by atoms with E-state index in [-0.39, 0.29) is 17.9 Å². The Morgan fingerprint density at radius 2 is 1.85 bits per heavy atom. The molecule has 1 saturated heterocycles. The summed E-state index contributed by atoms with van der Waals surface area (Å²) in [6.07, 6.45) is -3.60. The fourth-order valence-corrected chi connectivity index (χ4v) is 5.17. The van der Waals surface area contributed by atoms with Gasteiger partial charge in [-0.3, -0.25) is 4.90 Å². The molecule has 2 nitrogen and oxygen atoms in total. The molecule has 1 aliphatic carbocycles. The molecule has 1 saturated carbocycles. The first-order chi connectivity index (χ1) is 12.4. The van der Waals surface area contributed by atoms with Crippen molar-refractivity contribution >= 4 is 15.9 Å². The third-order valence-corrected chi connectivity index (χ3v) is 6.55. The van der Waals surface area contributed by atoms with Crippen LogP contribution in [0.5, 0.6) is 5.75 Å². The number of rotatable bonds is 4. The van der Waals surface area contributed by atoms with Crippen LogP contribution in [-0.2, 0) is 12.7 Å². The lowest BCUT2D eigenvalue weighted by Crippen LogP contribution is -2.44. The van der Waals surface area contributed by atoms with Crippen molar-refractivity contribution in [1.29, 1.82) is 0 Å². The van der Waals surface area contributed by atoms with Gasteiger partial charge in [0.25, 0.3) is 0 Å². The van der Waals surface area contributed by atoms with Crippen LogP contribution in [0, 0.1) is 5.92 Å². The first kappa shape index (κ1) is 17.9. The first-order valence-corrected chi connectivity index (χ1v) is 9.59. The lowest BCUT2D eigenvalue weighted by molar-refractivity contribution is -0.137. The van der Waals surface area contributed by atoms with E-state index in [2.05, 4.69) is 33.0 Å². The number of nitrogens with zero attached hydrogens (tertiary/aromatic N) is 1. The highest BCUT2D eigenvalue weighted by Gasteiger charge is 2.52. The Labute approximate surface area is 159 Å². The summed E-state index contributed by atoms with van der Waals surface area (Å²) in [6, 6.07) is 15.6. The van der Waals surface area contributed by atoms with E-state index in [1.807, 2.05) is 18.2 Å². The Hall–Kier alpha value is -1.53. The van der Waals surface area contributed by atoms with E-state index in [1.54, 1.807) is 6.07 Å². The topological polar surface area (TPSA) is 12.5 Å². The number of piperidine rings is 1. The molecule has 6 heteroatoms. The van der Waals surface area contributed by atoms with E-state index in [9.17, 15) is 13.2 Å². The Bertz CT molecular complexity index is 767. The molecule has 0 unspecified atom stereocenters. The van der Waals surface area contributed by atoms with Crippen LogP contribution in [0.4, 0.5) is 13.2 Å². The van der Waals surface area contributed by atoms with Gasteiger partial charge in [0.15, 0.2) is 0 Å². The summed E-state index contributed by atoms with van der Waals surface area (Å²) < 4.78 is 44.8. The van der Waals surface area contributed by atoms with Crippen molar-refractivity contribution in [2.24, 2.45) is 5.92 Å². The Morgan fingerprint density at radius 3 is 2.54 bits per heavy atom. The average Bonchev–Trinajstić information content (AvgIpc) is 3.06. The van der Waals surface area contributed by atoms with E-state index in [0.29, 0.717) is 10.7 Å². The molecule has 0 amide bonds. The normalized spacial score (nSPS) is 28.5. The van der Waals surface area contributed by atoms with Gasteiger partial charge in [0, 0.05) is 17.9 Å². The number of fused-ring (bicyclic) bond motifs is 2. The van der Waals surface area contributed by atoms with E-state index in [0.717, 1.165) is 31.6 Å².